The van der Waals surface area contributed by atoms with Crippen LogP contribution in [0.1, 0.15) is 22.3 Å². The van der Waals surface area contributed by atoms with E-state index in [2.05, 4.69) is 21.2 Å². The summed E-state index contributed by atoms with van der Waals surface area (Å²) in [7, 11) is 0. The van der Waals surface area contributed by atoms with Crippen molar-refractivity contribution in [2.45, 2.75) is 19.4 Å². The van der Waals surface area contributed by atoms with E-state index >= 15 is 0 Å². The van der Waals surface area contributed by atoms with Crippen molar-refractivity contribution >= 4 is 23.4 Å². The third kappa shape index (κ3) is 6.26. The summed E-state index contributed by atoms with van der Waals surface area (Å²) in [5.74, 6) is -1.56. The van der Waals surface area contributed by atoms with Gasteiger partial charge < -0.3 is 9.88 Å². The van der Waals surface area contributed by atoms with Gasteiger partial charge in [0.25, 0.3) is 5.91 Å². The van der Waals surface area contributed by atoms with Crippen molar-refractivity contribution < 1.29 is 18.8 Å². The third-order valence-electron chi connectivity index (χ3n) is 4.16. The van der Waals surface area contributed by atoms with Gasteiger partial charge in [0.15, 0.2) is 0 Å². The summed E-state index contributed by atoms with van der Waals surface area (Å²) in [6.07, 6.45) is 5.28. The molecule has 0 atom stereocenters. The predicted octanol–water partition coefficient (Wildman–Crippen LogP) is 2.05. The SMILES string of the molecule is O=C(Cc1ccc(F)cc1)NNC(=O)c1cccc(NC(=O)CCn2ccnc2)c1. The average molecular weight is 409 g/mol. The molecule has 154 valence electrons. The van der Waals surface area contributed by atoms with Gasteiger partial charge in [-0.15, -0.1) is 0 Å². The molecule has 0 saturated heterocycles. The molecular formula is C21H20FN5O3. The third-order valence-corrected chi connectivity index (χ3v) is 4.16. The lowest BCUT2D eigenvalue weighted by molar-refractivity contribution is -0.121. The first-order chi connectivity index (χ1) is 14.5. The number of hydrogen-bond acceptors (Lipinski definition) is 4. The molecule has 0 aliphatic heterocycles. The van der Waals surface area contributed by atoms with Crippen LogP contribution in [0.4, 0.5) is 10.1 Å². The van der Waals surface area contributed by atoms with Crippen molar-refractivity contribution in [2.24, 2.45) is 0 Å². The lowest BCUT2D eigenvalue weighted by Crippen LogP contribution is -2.42. The quantitative estimate of drug-likeness (QED) is 0.520. The lowest BCUT2D eigenvalue weighted by Gasteiger charge is -2.10. The summed E-state index contributed by atoms with van der Waals surface area (Å²) in [6, 6.07) is 11.9. The molecule has 8 nitrogen and oxygen atoms in total. The number of hydrogen-bond donors (Lipinski definition) is 3. The number of aromatic nitrogens is 2. The highest BCUT2D eigenvalue weighted by molar-refractivity contribution is 5.98. The second-order valence-corrected chi connectivity index (χ2v) is 6.49. The van der Waals surface area contributed by atoms with E-state index in [0.29, 0.717) is 17.8 Å². The fourth-order valence-corrected chi connectivity index (χ4v) is 2.64. The number of carbonyl (C=O) groups is 3. The number of nitrogens with one attached hydrogen (secondary N) is 3. The highest BCUT2D eigenvalue weighted by Crippen LogP contribution is 2.11. The fraction of sp³-hybridized carbons (Fsp3) is 0.143. The number of anilines is 1. The summed E-state index contributed by atoms with van der Waals surface area (Å²) in [5, 5.41) is 2.73. The van der Waals surface area contributed by atoms with Gasteiger partial charge in [0.2, 0.25) is 11.8 Å². The van der Waals surface area contributed by atoms with Crippen LogP contribution in [0.3, 0.4) is 0 Å². The molecular weight excluding hydrogens is 389 g/mol. The smallest absolute Gasteiger partial charge is 0.269 e. The highest BCUT2D eigenvalue weighted by atomic mass is 19.1. The minimum Gasteiger partial charge on any atom is -0.337 e. The van der Waals surface area contributed by atoms with Gasteiger partial charge >= 0.3 is 0 Å². The van der Waals surface area contributed by atoms with Gasteiger partial charge in [-0.3, -0.25) is 25.2 Å². The number of halogens is 1. The molecule has 30 heavy (non-hydrogen) atoms. The standard InChI is InChI=1S/C21H20FN5O3/c22-17-6-4-15(5-7-17)12-20(29)25-26-21(30)16-2-1-3-18(13-16)24-19(28)8-10-27-11-9-23-14-27/h1-7,9,11,13-14H,8,10,12H2,(H,24,28)(H,25,29)(H,26,30). The molecule has 1 aromatic heterocycles. The lowest BCUT2D eigenvalue weighted by atomic mass is 10.1. The number of carbonyl (C=O) groups excluding carboxylic acids is 3. The van der Waals surface area contributed by atoms with E-state index in [4.69, 9.17) is 0 Å². The second-order valence-electron chi connectivity index (χ2n) is 6.49. The zero-order chi connectivity index (χ0) is 21.3. The van der Waals surface area contributed by atoms with E-state index in [1.807, 2.05) is 0 Å². The Labute approximate surface area is 172 Å². The summed E-state index contributed by atoms with van der Waals surface area (Å²) >= 11 is 0. The van der Waals surface area contributed by atoms with Crippen LogP contribution < -0.4 is 16.2 Å². The number of nitrogens with zero attached hydrogens (tertiary/aromatic N) is 2. The van der Waals surface area contributed by atoms with Crippen LogP contribution in [0.25, 0.3) is 0 Å². The van der Waals surface area contributed by atoms with Gasteiger partial charge in [-0.05, 0) is 35.9 Å². The van der Waals surface area contributed by atoms with E-state index < -0.39 is 11.8 Å². The van der Waals surface area contributed by atoms with Crippen LogP contribution in [0.2, 0.25) is 0 Å². The molecule has 0 aliphatic rings. The molecule has 3 rings (SSSR count). The van der Waals surface area contributed by atoms with Crippen LogP contribution in [-0.4, -0.2) is 27.3 Å². The Morgan fingerprint density at radius 1 is 1.00 bits per heavy atom. The normalized spacial score (nSPS) is 10.3. The molecule has 1 heterocycles. The Morgan fingerprint density at radius 2 is 1.80 bits per heavy atom. The van der Waals surface area contributed by atoms with Gasteiger partial charge in [-0.25, -0.2) is 9.37 Å². The number of hydrazine groups is 1. The van der Waals surface area contributed by atoms with Crippen LogP contribution in [0, 0.1) is 5.82 Å². The molecule has 2 aromatic carbocycles. The largest absolute Gasteiger partial charge is 0.337 e. The summed E-state index contributed by atoms with van der Waals surface area (Å²) in [6.45, 7) is 0.492. The molecule has 0 spiro atoms. The van der Waals surface area contributed by atoms with Crippen molar-refractivity contribution in [1.82, 2.24) is 20.4 Å². The zero-order valence-electron chi connectivity index (χ0n) is 16.0. The predicted molar refractivity (Wildman–Crippen MR) is 108 cm³/mol. The van der Waals surface area contributed by atoms with Crippen LogP contribution in [0.15, 0.2) is 67.3 Å². The molecule has 3 amide bonds. The maximum absolute atomic E-state index is 12.9. The van der Waals surface area contributed by atoms with Gasteiger partial charge in [0, 0.05) is 36.6 Å². The molecule has 3 N–H and O–H groups in total. The number of benzene rings is 2. The maximum atomic E-state index is 12.9. The minimum absolute atomic E-state index is 0.00638. The van der Waals surface area contributed by atoms with Gasteiger partial charge in [0.05, 0.1) is 12.7 Å². The first-order valence-electron chi connectivity index (χ1n) is 9.19. The van der Waals surface area contributed by atoms with Gasteiger partial charge in [-0.1, -0.05) is 18.2 Å². The van der Waals surface area contributed by atoms with Crippen molar-refractivity contribution in [2.75, 3.05) is 5.32 Å². The molecule has 0 bridgehead atoms. The van der Waals surface area contributed by atoms with Crippen molar-refractivity contribution in [3.63, 3.8) is 0 Å². The number of amides is 3. The average Bonchev–Trinajstić information content (AvgIpc) is 3.26. The number of imidazole rings is 1. The Kier molecular flexibility index (Phi) is 6.88. The van der Waals surface area contributed by atoms with Crippen molar-refractivity contribution in [3.8, 4) is 0 Å². The second kappa shape index (κ2) is 9.97. The Hall–Kier alpha value is -4.01. The Bertz CT molecular complexity index is 1020. The van der Waals surface area contributed by atoms with E-state index in [0.717, 1.165) is 0 Å². The molecule has 0 unspecified atom stereocenters. The molecule has 3 aromatic rings. The fourth-order valence-electron chi connectivity index (χ4n) is 2.64. The van der Waals surface area contributed by atoms with E-state index in [1.165, 1.54) is 30.3 Å². The molecule has 0 aliphatic carbocycles. The highest BCUT2D eigenvalue weighted by Gasteiger charge is 2.10. The van der Waals surface area contributed by atoms with Gasteiger partial charge in [-0.2, -0.15) is 0 Å². The van der Waals surface area contributed by atoms with Crippen LogP contribution in [0.5, 0.6) is 0 Å². The molecule has 9 heteroatoms. The minimum atomic E-state index is -0.531. The summed E-state index contributed by atoms with van der Waals surface area (Å²) < 4.78 is 14.7. The monoisotopic (exact) mass is 409 g/mol. The molecule has 0 fully saturated rings. The first-order valence-corrected chi connectivity index (χ1v) is 9.19. The van der Waals surface area contributed by atoms with E-state index in [1.54, 1.807) is 41.5 Å². The number of rotatable bonds is 7. The molecule has 0 radical (unpaired) electrons. The van der Waals surface area contributed by atoms with Crippen molar-refractivity contribution in [3.05, 3.63) is 84.2 Å². The molecule has 0 saturated carbocycles. The maximum Gasteiger partial charge on any atom is 0.269 e. The van der Waals surface area contributed by atoms with Gasteiger partial charge in [0.1, 0.15) is 5.82 Å². The zero-order valence-corrected chi connectivity index (χ0v) is 16.0. The topological polar surface area (TPSA) is 105 Å². The van der Waals surface area contributed by atoms with E-state index in [9.17, 15) is 18.8 Å². The van der Waals surface area contributed by atoms with Crippen LogP contribution >= 0.6 is 0 Å². The van der Waals surface area contributed by atoms with Crippen molar-refractivity contribution in [1.29, 1.82) is 0 Å². The summed E-state index contributed by atoms with van der Waals surface area (Å²) in [4.78, 5) is 40.2. The van der Waals surface area contributed by atoms with E-state index in [-0.39, 0.29) is 30.1 Å². The Morgan fingerprint density at radius 3 is 2.53 bits per heavy atom. The first kappa shape index (κ1) is 20.7. The van der Waals surface area contributed by atoms with Crippen LogP contribution in [-0.2, 0) is 22.6 Å². The summed E-state index contributed by atoms with van der Waals surface area (Å²) in [5.41, 5.74) is 5.98. The number of aryl methyl sites for hydroxylation is 1. The Balaban J connectivity index is 1.48.